The molecular weight excluding hydrogens is 192 g/mol. The Morgan fingerprint density at radius 2 is 2.33 bits per heavy atom. The van der Waals surface area contributed by atoms with Crippen molar-refractivity contribution >= 4 is 5.91 Å². The largest absolute Gasteiger partial charge is 0.377 e. The van der Waals surface area contributed by atoms with Gasteiger partial charge < -0.3 is 15.4 Å². The van der Waals surface area contributed by atoms with Crippen LogP contribution in [0.25, 0.3) is 0 Å². The summed E-state index contributed by atoms with van der Waals surface area (Å²) in [5, 5.41) is 5.99. The van der Waals surface area contributed by atoms with E-state index in [1.165, 1.54) is 12.8 Å². The first-order valence-electron chi connectivity index (χ1n) is 5.86. The highest BCUT2D eigenvalue weighted by atomic mass is 16.5. The van der Waals surface area contributed by atoms with E-state index in [4.69, 9.17) is 4.74 Å². The monoisotopic (exact) mass is 214 g/mol. The second kappa shape index (κ2) is 6.80. The quantitative estimate of drug-likeness (QED) is 0.707. The molecule has 1 rings (SSSR count). The molecule has 0 aliphatic carbocycles. The minimum Gasteiger partial charge on any atom is -0.377 e. The van der Waals surface area contributed by atoms with Gasteiger partial charge in [-0.2, -0.15) is 0 Å². The minimum absolute atomic E-state index is 0.0632. The molecule has 1 fully saturated rings. The van der Waals surface area contributed by atoms with Crippen molar-refractivity contribution in [1.29, 1.82) is 0 Å². The lowest BCUT2D eigenvalue weighted by Gasteiger charge is -2.24. The lowest BCUT2D eigenvalue weighted by atomic mass is 10.1. The molecule has 1 heterocycles. The fraction of sp³-hybridized carbons (Fsp3) is 0.909. The number of carbonyl (C=O) groups excluding carboxylic acids is 1. The van der Waals surface area contributed by atoms with E-state index >= 15 is 0 Å². The zero-order chi connectivity index (χ0) is 11.1. The topological polar surface area (TPSA) is 50.4 Å². The zero-order valence-electron chi connectivity index (χ0n) is 9.71. The number of carbonyl (C=O) groups is 1. The Bertz CT molecular complexity index is 191. The summed E-state index contributed by atoms with van der Waals surface area (Å²) in [5.41, 5.74) is 0. The molecule has 4 heteroatoms. The van der Waals surface area contributed by atoms with Crippen LogP contribution in [0.4, 0.5) is 0 Å². The van der Waals surface area contributed by atoms with E-state index in [0.29, 0.717) is 6.54 Å². The third-order valence-electron chi connectivity index (χ3n) is 2.67. The summed E-state index contributed by atoms with van der Waals surface area (Å²) in [5.74, 6) is 0.0632. The lowest BCUT2D eigenvalue weighted by Crippen LogP contribution is -2.45. The summed E-state index contributed by atoms with van der Waals surface area (Å²) < 4.78 is 5.57. The Morgan fingerprint density at radius 1 is 1.53 bits per heavy atom. The molecule has 2 atom stereocenters. The third-order valence-corrected chi connectivity index (χ3v) is 2.67. The molecule has 0 aromatic heterocycles. The normalized spacial score (nSPS) is 23.5. The molecule has 1 saturated heterocycles. The number of nitrogens with one attached hydrogen (secondary N) is 2. The Kier molecular flexibility index (Phi) is 5.65. The van der Waals surface area contributed by atoms with Crippen molar-refractivity contribution in [2.24, 2.45) is 0 Å². The second-order valence-corrected chi connectivity index (χ2v) is 4.01. The fourth-order valence-electron chi connectivity index (χ4n) is 1.70. The van der Waals surface area contributed by atoms with E-state index in [2.05, 4.69) is 10.6 Å². The molecule has 2 unspecified atom stereocenters. The van der Waals surface area contributed by atoms with Crippen LogP contribution in [-0.2, 0) is 9.53 Å². The predicted octanol–water partition coefficient (Wildman–Crippen LogP) is 0.670. The molecular formula is C11H22N2O2. The van der Waals surface area contributed by atoms with Crippen LogP contribution in [0.1, 0.15) is 33.1 Å². The molecule has 2 N–H and O–H groups in total. The molecule has 88 valence electrons. The Hall–Kier alpha value is -0.610. The second-order valence-electron chi connectivity index (χ2n) is 4.01. The molecule has 0 saturated carbocycles. The van der Waals surface area contributed by atoms with Gasteiger partial charge in [0.15, 0.2) is 0 Å². The average Bonchev–Trinajstić information content (AvgIpc) is 2.27. The van der Waals surface area contributed by atoms with E-state index in [1.54, 1.807) is 0 Å². The number of hydrogen-bond donors (Lipinski definition) is 2. The van der Waals surface area contributed by atoms with Crippen molar-refractivity contribution in [3.63, 3.8) is 0 Å². The highest BCUT2D eigenvalue weighted by Gasteiger charge is 2.16. The molecule has 15 heavy (non-hydrogen) atoms. The zero-order valence-corrected chi connectivity index (χ0v) is 9.71. The summed E-state index contributed by atoms with van der Waals surface area (Å²) >= 11 is 0. The smallest absolute Gasteiger partial charge is 0.236 e. The highest BCUT2D eigenvalue weighted by Crippen LogP contribution is 2.11. The van der Waals surface area contributed by atoms with Crippen LogP contribution in [0.3, 0.4) is 0 Å². The summed E-state index contributed by atoms with van der Waals surface area (Å²) in [4.78, 5) is 11.4. The van der Waals surface area contributed by atoms with Gasteiger partial charge in [-0.1, -0.05) is 0 Å². The van der Waals surface area contributed by atoms with Crippen LogP contribution in [0.15, 0.2) is 0 Å². The Balaban J connectivity index is 2.14. The highest BCUT2D eigenvalue weighted by molar-refractivity contribution is 5.81. The van der Waals surface area contributed by atoms with Gasteiger partial charge in [-0.25, -0.2) is 0 Å². The lowest BCUT2D eigenvalue weighted by molar-refractivity contribution is -0.122. The van der Waals surface area contributed by atoms with Crippen LogP contribution in [0.2, 0.25) is 0 Å². The van der Waals surface area contributed by atoms with Crippen LogP contribution in [-0.4, -0.2) is 37.7 Å². The van der Waals surface area contributed by atoms with Crippen LogP contribution < -0.4 is 10.6 Å². The first kappa shape index (κ1) is 12.5. The molecule has 1 aliphatic rings. The summed E-state index contributed by atoms with van der Waals surface area (Å²) in [7, 11) is 0. The van der Waals surface area contributed by atoms with Gasteiger partial charge in [-0.15, -0.1) is 0 Å². The van der Waals surface area contributed by atoms with Gasteiger partial charge >= 0.3 is 0 Å². The van der Waals surface area contributed by atoms with E-state index in [9.17, 15) is 4.79 Å². The minimum atomic E-state index is -0.129. The van der Waals surface area contributed by atoms with E-state index in [0.717, 1.165) is 19.6 Å². The van der Waals surface area contributed by atoms with Crippen molar-refractivity contribution < 1.29 is 9.53 Å². The standard InChI is InChI=1S/C11H22N2O2/c1-3-12-11(14)9(2)13-8-10-6-4-5-7-15-10/h9-10,13H,3-8H2,1-2H3,(H,12,14). The van der Waals surface area contributed by atoms with Gasteiger partial charge in [-0.05, 0) is 33.1 Å². The first-order valence-corrected chi connectivity index (χ1v) is 5.86. The van der Waals surface area contributed by atoms with Gasteiger partial charge in [0.1, 0.15) is 0 Å². The maximum Gasteiger partial charge on any atom is 0.236 e. The summed E-state index contributed by atoms with van der Waals surface area (Å²) in [6.45, 7) is 6.13. The van der Waals surface area contributed by atoms with Gasteiger partial charge in [0.05, 0.1) is 12.1 Å². The van der Waals surface area contributed by atoms with Crippen molar-refractivity contribution in [3.8, 4) is 0 Å². The van der Waals surface area contributed by atoms with Gasteiger partial charge in [0.25, 0.3) is 0 Å². The SMILES string of the molecule is CCNC(=O)C(C)NCC1CCCCO1. The summed E-state index contributed by atoms with van der Waals surface area (Å²) in [6, 6.07) is -0.129. The Morgan fingerprint density at radius 3 is 2.93 bits per heavy atom. The van der Waals surface area contributed by atoms with Crippen molar-refractivity contribution in [1.82, 2.24) is 10.6 Å². The Labute approximate surface area is 91.8 Å². The van der Waals surface area contributed by atoms with Crippen LogP contribution >= 0.6 is 0 Å². The maximum atomic E-state index is 11.4. The van der Waals surface area contributed by atoms with Crippen molar-refractivity contribution in [2.75, 3.05) is 19.7 Å². The molecule has 4 nitrogen and oxygen atoms in total. The van der Waals surface area contributed by atoms with Crippen molar-refractivity contribution in [2.45, 2.75) is 45.3 Å². The predicted molar refractivity (Wildman–Crippen MR) is 59.7 cm³/mol. The van der Waals surface area contributed by atoms with Crippen molar-refractivity contribution in [3.05, 3.63) is 0 Å². The molecule has 0 bridgehead atoms. The molecule has 1 amide bonds. The molecule has 0 radical (unpaired) electrons. The molecule has 0 spiro atoms. The number of likely N-dealkylation sites (N-methyl/N-ethyl adjacent to an activating group) is 1. The maximum absolute atomic E-state index is 11.4. The summed E-state index contributed by atoms with van der Waals surface area (Å²) in [6.07, 6.45) is 3.80. The van der Waals surface area contributed by atoms with E-state index < -0.39 is 0 Å². The third kappa shape index (κ3) is 4.62. The van der Waals surface area contributed by atoms with Gasteiger partial charge in [0.2, 0.25) is 5.91 Å². The number of hydrogen-bond acceptors (Lipinski definition) is 3. The fourth-order valence-corrected chi connectivity index (χ4v) is 1.70. The van der Waals surface area contributed by atoms with Crippen LogP contribution in [0, 0.1) is 0 Å². The number of amides is 1. The number of rotatable bonds is 5. The van der Waals surface area contributed by atoms with E-state index in [1.807, 2.05) is 13.8 Å². The van der Waals surface area contributed by atoms with E-state index in [-0.39, 0.29) is 18.1 Å². The van der Waals surface area contributed by atoms with Gasteiger partial charge in [0, 0.05) is 19.7 Å². The average molecular weight is 214 g/mol. The van der Waals surface area contributed by atoms with Gasteiger partial charge in [-0.3, -0.25) is 4.79 Å². The molecule has 0 aromatic carbocycles. The number of ether oxygens (including phenoxy) is 1. The molecule has 1 aliphatic heterocycles. The molecule has 0 aromatic rings. The first-order chi connectivity index (χ1) is 7.24. The van der Waals surface area contributed by atoms with Crippen LogP contribution in [0.5, 0.6) is 0 Å².